The molecular weight excluding hydrogens is 206 g/mol. The van der Waals surface area contributed by atoms with Crippen LogP contribution in [-0.4, -0.2) is 6.54 Å². The standard InChI is InChI=1S/C16H24N/c1-11-6-7-17-15-12(2)8-13(9-14(11)15)10-16(3,4)5/h8-9,17H,6-7,10H2,1-5H3. The van der Waals surface area contributed by atoms with Crippen molar-refractivity contribution in [1.29, 1.82) is 0 Å². The average molecular weight is 230 g/mol. The third kappa shape index (κ3) is 2.83. The number of benzene rings is 1. The molecule has 2 rings (SSSR count). The number of rotatable bonds is 1. The Bertz CT molecular complexity index is 412. The Balaban J connectivity index is 2.38. The van der Waals surface area contributed by atoms with Gasteiger partial charge in [0.1, 0.15) is 0 Å². The summed E-state index contributed by atoms with van der Waals surface area (Å²) in [5.74, 6) is 1.53. The molecule has 1 aliphatic rings. The highest BCUT2D eigenvalue weighted by atomic mass is 14.9. The molecule has 0 aromatic heterocycles. The minimum atomic E-state index is 0.358. The van der Waals surface area contributed by atoms with E-state index in [1.165, 1.54) is 34.7 Å². The summed E-state index contributed by atoms with van der Waals surface area (Å²) >= 11 is 0. The molecule has 0 spiro atoms. The van der Waals surface area contributed by atoms with Crippen molar-refractivity contribution in [2.45, 2.75) is 47.5 Å². The highest BCUT2D eigenvalue weighted by Crippen LogP contribution is 2.35. The van der Waals surface area contributed by atoms with Crippen molar-refractivity contribution in [2.75, 3.05) is 11.9 Å². The highest BCUT2D eigenvalue weighted by molar-refractivity contribution is 5.65. The molecule has 1 N–H and O–H groups in total. The molecule has 0 fully saturated rings. The van der Waals surface area contributed by atoms with Crippen LogP contribution in [0.2, 0.25) is 0 Å². The van der Waals surface area contributed by atoms with Gasteiger partial charge in [-0.3, -0.25) is 0 Å². The zero-order valence-corrected chi connectivity index (χ0v) is 11.8. The monoisotopic (exact) mass is 230 g/mol. The lowest BCUT2D eigenvalue weighted by Gasteiger charge is -2.27. The van der Waals surface area contributed by atoms with Crippen LogP contribution in [0.1, 0.15) is 50.8 Å². The van der Waals surface area contributed by atoms with Crippen molar-refractivity contribution in [3.8, 4) is 0 Å². The first-order valence-electron chi connectivity index (χ1n) is 6.57. The predicted octanol–water partition coefficient (Wildman–Crippen LogP) is 4.34. The van der Waals surface area contributed by atoms with Crippen LogP contribution in [0.3, 0.4) is 0 Å². The van der Waals surface area contributed by atoms with Gasteiger partial charge in [0.15, 0.2) is 0 Å². The fourth-order valence-corrected chi connectivity index (χ4v) is 2.66. The van der Waals surface area contributed by atoms with Gasteiger partial charge in [0.05, 0.1) is 0 Å². The van der Waals surface area contributed by atoms with E-state index in [1.807, 2.05) is 0 Å². The lowest BCUT2D eigenvalue weighted by molar-refractivity contribution is 0.411. The number of nitrogens with one attached hydrogen (secondary N) is 1. The van der Waals surface area contributed by atoms with Crippen molar-refractivity contribution in [2.24, 2.45) is 5.41 Å². The largest absolute Gasteiger partial charge is 0.385 e. The number of hydrogen-bond acceptors (Lipinski definition) is 1. The smallest absolute Gasteiger partial charge is 0.0408 e. The summed E-state index contributed by atoms with van der Waals surface area (Å²) < 4.78 is 0. The van der Waals surface area contributed by atoms with Crippen LogP contribution in [0, 0.1) is 18.3 Å². The molecule has 1 heteroatoms. The SMILES string of the molecule is C[C]1CCNc2c(C)cc(CC(C)(C)C)cc21. The topological polar surface area (TPSA) is 12.0 Å². The molecule has 0 saturated heterocycles. The minimum Gasteiger partial charge on any atom is -0.385 e. The van der Waals surface area contributed by atoms with Gasteiger partial charge in [0, 0.05) is 18.2 Å². The minimum absolute atomic E-state index is 0.358. The van der Waals surface area contributed by atoms with Gasteiger partial charge in [0.2, 0.25) is 0 Å². The molecule has 1 aliphatic heterocycles. The van der Waals surface area contributed by atoms with E-state index in [9.17, 15) is 0 Å². The van der Waals surface area contributed by atoms with Crippen molar-refractivity contribution in [3.05, 3.63) is 34.7 Å². The molecule has 0 bridgehead atoms. The van der Waals surface area contributed by atoms with Crippen LogP contribution in [0.4, 0.5) is 5.69 Å². The summed E-state index contributed by atoms with van der Waals surface area (Å²) in [6, 6.07) is 4.73. The van der Waals surface area contributed by atoms with E-state index in [4.69, 9.17) is 0 Å². The van der Waals surface area contributed by atoms with Crippen LogP contribution in [0.15, 0.2) is 12.1 Å². The van der Waals surface area contributed by atoms with E-state index in [1.54, 1.807) is 0 Å². The lowest BCUT2D eigenvalue weighted by Crippen LogP contribution is -2.18. The lowest BCUT2D eigenvalue weighted by atomic mass is 9.83. The van der Waals surface area contributed by atoms with Gasteiger partial charge < -0.3 is 5.32 Å². The maximum absolute atomic E-state index is 3.53. The van der Waals surface area contributed by atoms with Gasteiger partial charge in [0.25, 0.3) is 0 Å². The molecule has 0 saturated carbocycles. The summed E-state index contributed by atoms with van der Waals surface area (Å²) in [4.78, 5) is 0. The zero-order chi connectivity index (χ0) is 12.6. The second kappa shape index (κ2) is 4.36. The van der Waals surface area contributed by atoms with Crippen molar-refractivity contribution in [1.82, 2.24) is 0 Å². The van der Waals surface area contributed by atoms with Crippen molar-refractivity contribution in [3.63, 3.8) is 0 Å². The molecule has 1 radical (unpaired) electrons. The molecule has 0 unspecified atom stereocenters. The summed E-state index contributed by atoms with van der Waals surface area (Å²) in [6.07, 6.45) is 2.32. The second-order valence-corrected chi connectivity index (χ2v) is 6.53. The van der Waals surface area contributed by atoms with Crippen molar-refractivity contribution < 1.29 is 0 Å². The predicted molar refractivity (Wildman–Crippen MR) is 75.5 cm³/mol. The summed E-state index contributed by atoms with van der Waals surface area (Å²) in [7, 11) is 0. The van der Waals surface area contributed by atoms with Gasteiger partial charge in [-0.25, -0.2) is 0 Å². The third-order valence-corrected chi connectivity index (χ3v) is 3.39. The van der Waals surface area contributed by atoms with E-state index >= 15 is 0 Å². The van der Waals surface area contributed by atoms with E-state index in [2.05, 4.69) is 52.1 Å². The molecule has 1 heterocycles. The fraction of sp³-hybridized carbons (Fsp3) is 0.562. The summed E-state index contributed by atoms with van der Waals surface area (Å²) in [5.41, 5.74) is 6.01. The van der Waals surface area contributed by atoms with E-state index in [0.717, 1.165) is 13.0 Å². The Morgan fingerprint density at radius 2 is 1.88 bits per heavy atom. The number of fused-ring (bicyclic) bond motifs is 1. The van der Waals surface area contributed by atoms with Crippen LogP contribution in [-0.2, 0) is 6.42 Å². The van der Waals surface area contributed by atoms with Gasteiger partial charge >= 0.3 is 0 Å². The molecule has 0 amide bonds. The number of hydrogen-bond donors (Lipinski definition) is 1. The zero-order valence-electron chi connectivity index (χ0n) is 11.8. The maximum Gasteiger partial charge on any atom is 0.0408 e. The normalized spacial score (nSPS) is 16.5. The van der Waals surface area contributed by atoms with Gasteiger partial charge in [-0.15, -0.1) is 0 Å². The first-order chi connectivity index (χ1) is 7.87. The Morgan fingerprint density at radius 1 is 1.18 bits per heavy atom. The Hall–Kier alpha value is -0.980. The van der Waals surface area contributed by atoms with Crippen LogP contribution in [0.5, 0.6) is 0 Å². The Kier molecular flexibility index (Phi) is 3.20. The van der Waals surface area contributed by atoms with E-state index < -0.39 is 0 Å². The van der Waals surface area contributed by atoms with Crippen LogP contribution >= 0.6 is 0 Å². The quantitative estimate of drug-likeness (QED) is 0.756. The molecule has 93 valence electrons. The first kappa shape index (κ1) is 12.5. The van der Waals surface area contributed by atoms with Gasteiger partial charge in [-0.05, 0) is 41.9 Å². The average Bonchev–Trinajstić information content (AvgIpc) is 2.17. The van der Waals surface area contributed by atoms with Crippen LogP contribution in [0.25, 0.3) is 0 Å². The van der Waals surface area contributed by atoms with Crippen molar-refractivity contribution >= 4 is 5.69 Å². The van der Waals surface area contributed by atoms with Crippen LogP contribution < -0.4 is 5.32 Å². The van der Waals surface area contributed by atoms with E-state index in [-0.39, 0.29) is 0 Å². The molecule has 1 aromatic carbocycles. The highest BCUT2D eigenvalue weighted by Gasteiger charge is 2.20. The third-order valence-electron chi connectivity index (χ3n) is 3.39. The molecule has 0 atom stereocenters. The number of aryl methyl sites for hydroxylation is 1. The molecule has 1 nitrogen and oxygen atoms in total. The first-order valence-corrected chi connectivity index (χ1v) is 6.57. The molecule has 1 aromatic rings. The summed E-state index contributed by atoms with van der Waals surface area (Å²) in [5, 5.41) is 3.53. The van der Waals surface area contributed by atoms with E-state index in [0.29, 0.717) is 5.41 Å². The molecular formula is C16H24N. The molecule has 17 heavy (non-hydrogen) atoms. The Morgan fingerprint density at radius 3 is 2.53 bits per heavy atom. The Labute approximate surface area is 106 Å². The maximum atomic E-state index is 3.53. The summed E-state index contributed by atoms with van der Waals surface area (Å²) in [6.45, 7) is 12.5. The fourth-order valence-electron chi connectivity index (χ4n) is 2.66. The van der Waals surface area contributed by atoms with Gasteiger partial charge in [-0.2, -0.15) is 0 Å². The molecule has 0 aliphatic carbocycles. The number of anilines is 1. The second-order valence-electron chi connectivity index (χ2n) is 6.53. The van der Waals surface area contributed by atoms with Gasteiger partial charge in [-0.1, -0.05) is 39.8 Å².